The summed E-state index contributed by atoms with van der Waals surface area (Å²) >= 11 is 0. The molecule has 20 heavy (non-hydrogen) atoms. The SMILES string of the molecule is CCOc1cccc(-c2ncc(CC(N)CC)cn2)c1. The van der Waals surface area contributed by atoms with E-state index in [1.54, 1.807) is 0 Å². The fourth-order valence-corrected chi connectivity index (χ4v) is 1.95. The molecule has 2 rings (SSSR count). The maximum absolute atomic E-state index is 5.94. The molecule has 0 bridgehead atoms. The average Bonchev–Trinajstić information content (AvgIpc) is 2.48. The summed E-state index contributed by atoms with van der Waals surface area (Å²) in [5, 5.41) is 0. The average molecular weight is 271 g/mol. The lowest BCUT2D eigenvalue weighted by atomic mass is 10.1. The Morgan fingerprint density at radius 3 is 2.60 bits per heavy atom. The number of aromatic nitrogens is 2. The van der Waals surface area contributed by atoms with Gasteiger partial charge in [0.15, 0.2) is 5.82 Å². The van der Waals surface area contributed by atoms with Gasteiger partial charge in [-0.15, -0.1) is 0 Å². The van der Waals surface area contributed by atoms with Crippen LogP contribution in [-0.4, -0.2) is 22.6 Å². The number of ether oxygens (including phenoxy) is 1. The van der Waals surface area contributed by atoms with Gasteiger partial charge in [0.05, 0.1) is 6.61 Å². The Morgan fingerprint density at radius 2 is 1.95 bits per heavy atom. The van der Waals surface area contributed by atoms with Crippen molar-refractivity contribution in [1.29, 1.82) is 0 Å². The molecule has 0 aliphatic heterocycles. The molecule has 0 aliphatic rings. The Bertz CT molecular complexity index is 540. The molecular formula is C16H21N3O. The van der Waals surface area contributed by atoms with Crippen molar-refractivity contribution in [2.75, 3.05) is 6.61 Å². The van der Waals surface area contributed by atoms with Gasteiger partial charge >= 0.3 is 0 Å². The van der Waals surface area contributed by atoms with Crippen molar-refractivity contribution in [3.05, 3.63) is 42.2 Å². The lowest BCUT2D eigenvalue weighted by Gasteiger charge is -2.09. The van der Waals surface area contributed by atoms with Crippen molar-refractivity contribution < 1.29 is 4.74 Å². The molecule has 4 nitrogen and oxygen atoms in total. The molecule has 0 spiro atoms. The zero-order valence-corrected chi connectivity index (χ0v) is 12.0. The van der Waals surface area contributed by atoms with Gasteiger partial charge in [0.2, 0.25) is 0 Å². The Kier molecular flexibility index (Phi) is 5.07. The minimum atomic E-state index is 0.172. The van der Waals surface area contributed by atoms with E-state index in [2.05, 4.69) is 16.9 Å². The standard InChI is InChI=1S/C16H21N3O/c1-3-14(17)8-12-10-18-16(19-11-12)13-6-5-7-15(9-13)20-4-2/h5-7,9-11,14H,3-4,8,17H2,1-2H3. The van der Waals surface area contributed by atoms with Crippen molar-refractivity contribution >= 4 is 0 Å². The fraction of sp³-hybridized carbons (Fsp3) is 0.375. The van der Waals surface area contributed by atoms with Crippen LogP contribution in [0.25, 0.3) is 11.4 Å². The summed E-state index contributed by atoms with van der Waals surface area (Å²) in [4.78, 5) is 8.83. The van der Waals surface area contributed by atoms with Gasteiger partial charge < -0.3 is 10.5 Å². The van der Waals surface area contributed by atoms with Crippen LogP contribution in [0.15, 0.2) is 36.7 Å². The normalized spacial score (nSPS) is 12.2. The lowest BCUT2D eigenvalue weighted by molar-refractivity contribution is 0.340. The third-order valence-electron chi connectivity index (χ3n) is 3.13. The molecular weight excluding hydrogens is 250 g/mol. The second kappa shape index (κ2) is 7.01. The topological polar surface area (TPSA) is 61.0 Å². The summed E-state index contributed by atoms with van der Waals surface area (Å²) in [5.74, 6) is 1.55. The molecule has 1 unspecified atom stereocenters. The Morgan fingerprint density at radius 1 is 1.20 bits per heavy atom. The molecule has 106 valence electrons. The number of hydrogen-bond acceptors (Lipinski definition) is 4. The Labute approximate surface area is 120 Å². The largest absolute Gasteiger partial charge is 0.494 e. The van der Waals surface area contributed by atoms with E-state index in [1.807, 2.05) is 43.6 Å². The van der Waals surface area contributed by atoms with Crippen LogP contribution in [0.3, 0.4) is 0 Å². The van der Waals surface area contributed by atoms with E-state index in [0.29, 0.717) is 12.4 Å². The van der Waals surface area contributed by atoms with Crippen molar-refractivity contribution in [2.24, 2.45) is 5.73 Å². The van der Waals surface area contributed by atoms with E-state index < -0.39 is 0 Å². The molecule has 4 heteroatoms. The molecule has 0 aliphatic carbocycles. The van der Waals surface area contributed by atoms with Crippen LogP contribution < -0.4 is 10.5 Å². The summed E-state index contributed by atoms with van der Waals surface area (Å²) in [6.45, 7) is 4.70. The molecule has 0 fully saturated rings. The fourth-order valence-electron chi connectivity index (χ4n) is 1.95. The smallest absolute Gasteiger partial charge is 0.159 e. The highest BCUT2D eigenvalue weighted by atomic mass is 16.5. The van der Waals surface area contributed by atoms with E-state index in [9.17, 15) is 0 Å². The van der Waals surface area contributed by atoms with E-state index >= 15 is 0 Å². The highest BCUT2D eigenvalue weighted by Gasteiger charge is 2.05. The van der Waals surface area contributed by atoms with Gasteiger partial charge in [-0.05, 0) is 37.5 Å². The van der Waals surface area contributed by atoms with Gasteiger partial charge in [0.25, 0.3) is 0 Å². The zero-order valence-electron chi connectivity index (χ0n) is 12.0. The first-order chi connectivity index (χ1) is 9.72. The number of hydrogen-bond donors (Lipinski definition) is 1. The van der Waals surface area contributed by atoms with Crippen LogP contribution in [-0.2, 0) is 6.42 Å². The first-order valence-corrected chi connectivity index (χ1v) is 7.02. The van der Waals surface area contributed by atoms with Crippen LogP contribution in [0.2, 0.25) is 0 Å². The summed E-state index contributed by atoms with van der Waals surface area (Å²) in [6, 6.07) is 7.99. The van der Waals surface area contributed by atoms with Crippen LogP contribution in [0.4, 0.5) is 0 Å². The summed E-state index contributed by atoms with van der Waals surface area (Å²) in [5.41, 5.74) is 7.97. The molecule has 2 N–H and O–H groups in total. The van der Waals surface area contributed by atoms with Gasteiger partial charge in [-0.25, -0.2) is 9.97 Å². The highest BCUT2D eigenvalue weighted by Crippen LogP contribution is 2.20. The molecule has 1 aromatic heterocycles. The predicted octanol–water partition coefficient (Wildman–Crippen LogP) is 2.82. The Balaban J connectivity index is 2.15. The van der Waals surface area contributed by atoms with Gasteiger partial charge in [-0.3, -0.25) is 0 Å². The van der Waals surface area contributed by atoms with E-state index in [1.165, 1.54) is 0 Å². The number of nitrogens with zero attached hydrogens (tertiary/aromatic N) is 2. The third kappa shape index (κ3) is 3.78. The molecule has 1 heterocycles. The first-order valence-electron chi connectivity index (χ1n) is 7.02. The summed E-state index contributed by atoms with van der Waals surface area (Å²) in [6.07, 6.45) is 5.48. The maximum atomic E-state index is 5.94. The van der Waals surface area contributed by atoms with E-state index in [0.717, 1.165) is 29.7 Å². The second-order valence-corrected chi connectivity index (χ2v) is 4.75. The number of benzene rings is 1. The molecule has 1 atom stereocenters. The summed E-state index contributed by atoms with van der Waals surface area (Å²) < 4.78 is 5.49. The second-order valence-electron chi connectivity index (χ2n) is 4.75. The van der Waals surface area contributed by atoms with Gasteiger partial charge in [0, 0.05) is 24.0 Å². The van der Waals surface area contributed by atoms with Crippen LogP contribution in [0.1, 0.15) is 25.8 Å². The van der Waals surface area contributed by atoms with Crippen molar-refractivity contribution in [3.63, 3.8) is 0 Å². The van der Waals surface area contributed by atoms with Gasteiger partial charge in [-0.1, -0.05) is 19.1 Å². The van der Waals surface area contributed by atoms with Gasteiger partial charge in [-0.2, -0.15) is 0 Å². The highest BCUT2D eigenvalue weighted by molar-refractivity contribution is 5.57. The number of rotatable bonds is 6. The lowest BCUT2D eigenvalue weighted by Crippen LogP contribution is -2.21. The number of nitrogens with two attached hydrogens (primary N) is 1. The van der Waals surface area contributed by atoms with E-state index in [4.69, 9.17) is 10.5 Å². The third-order valence-corrected chi connectivity index (χ3v) is 3.13. The molecule has 1 aromatic carbocycles. The van der Waals surface area contributed by atoms with Crippen molar-refractivity contribution in [2.45, 2.75) is 32.7 Å². The molecule has 2 aromatic rings. The predicted molar refractivity (Wildman–Crippen MR) is 80.6 cm³/mol. The van der Waals surface area contributed by atoms with Crippen LogP contribution in [0, 0.1) is 0 Å². The summed E-state index contributed by atoms with van der Waals surface area (Å²) in [7, 11) is 0. The molecule has 0 radical (unpaired) electrons. The van der Waals surface area contributed by atoms with E-state index in [-0.39, 0.29) is 6.04 Å². The quantitative estimate of drug-likeness (QED) is 0.877. The van der Waals surface area contributed by atoms with Crippen LogP contribution >= 0.6 is 0 Å². The molecule has 0 saturated heterocycles. The molecule has 0 saturated carbocycles. The minimum absolute atomic E-state index is 0.172. The monoisotopic (exact) mass is 271 g/mol. The Hall–Kier alpha value is -1.94. The van der Waals surface area contributed by atoms with Crippen molar-refractivity contribution in [1.82, 2.24) is 9.97 Å². The molecule has 0 amide bonds. The van der Waals surface area contributed by atoms with Gasteiger partial charge in [0.1, 0.15) is 5.75 Å². The zero-order chi connectivity index (χ0) is 14.4. The maximum Gasteiger partial charge on any atom is 0.159 e. The van der Waals surface area contributed by atoms with Crippen LogP contribution in [0.5, 0.6) is 5.75 Å². The minimum Gasteiger partial charge on any atom is -0.494 e. The first kappa shape index (κ1) is 14.5. The van der Waals surface area contributed by atoms with Crippen molar-refractivity contribution in [3.8, 4) is 17.1 Å².